The molecule has 0 bridgehead atoms. The highest BCUT2D eigenvalue weighted by atomic mass is 16.5. The Morgan fingerprint density at radius 3 is 2.48 bits per heavy atom. The molecule has 0 amide bonds. The molecular weight excluding hydrogens is 264 g/mol. The first-order valence-electron chi connectivity index (χ1n) is 7.71. The summed E-state index contributed by atoms with van der Waals surface area (Å²) in [4.78, 5) is 0. The summed E-state index contributed by atoms with van der Waals surface area (Å²) in [6, 6.07) is 10.1. The Morgan fingerprint density at radius 1 is 1.19 bits per heavy atom. The number of nitriles is 1. The van der Waals surface area contributed by atoms with E-state index in [0.29, 0.717) is 13.2 Å². The topological polar surface area (TPSA) is 54.3 Å². The van der Waals surface area contributed by atoms with Gasteiger partial charge in [0.05, 0.1) is 19.3 Å². The molecule has 1 unspecified atom stereocenters. The molecule has 1 N–H and O–H groups in total. The minimum absolute atomic E-state index is 0.425. The monoisotopic (exact) mass is 290 g/mol. The third-order valence-electron chi connectivity index (χ3n) is 3.47. The molecule has 0 heterocycles. The zero-order chi connectivity index (χ0) is 15.6. The van der Waals surface area contributed by atoms with Gasteiger partial charge in [-0.1, -0.05) is 19.9 Å². The molecule has 1 rings (SSSR count). The molecular formula is C17H26N2O2. The van der Waals surface area contributed by atoms with Crippen molar-refractivity contribution in [1.29, 1.82) is 5.26 Å². The highest BCUT2D eigenvalue weighted by molar-refractivity contribution is 5.32. The zero-order valence-electron chi connectivity index (χ0n) is 13.3. The van der Waals surface area contributed by atoms with E-state index in [9.17, 15) is 5.26 Å². The van der Waals surface area contributed by atoms with Gasteiger partial charge in [0, 0.05) is 6.07 Å². The lowest BCUT2D eigenvalue weighted by atomic mass is 9.92. The van der Waals surface area contributed by atoms with Crippen LogP contribution in [0.2, 0.25) is 0 Å². The lowest BCUT2D eigenvalue weighted by molar-refractivity contribution is 0.275. The summed E-state index contributed by atoms with van der Waals surface area (Å²) in [6.45, 7) is 8.08. The molecule has 4 nitrogen and oxygen atoms in total. The van der Waals surface area contributed by atoms with Crippen LogP contribution in [-0.2, 0) is 0 Å². The molecule has 1 atom stereocenters. The maximum atomic E-state index is 9.35. The Morgan fingerprint density at radius 2 is 1.90 bits per heavy atom. The minimum atomic E-state index is -0.425. The van der Waals surface area contributed by atoms with Gasteiger partial charge in [0.15, 0.2) is 0 Å². The summed E-state index contributed by atoms with van der Waals surface area (Å²) >= 11 is 0. The highest BCUT2D eigenvalue weighted by Gasteiger charge is 2.25. The molecule has 0 aliphatic heterocycles. The van der Waals surface area contributed by atoms with Gasteiger partial charge >= 0.3 is 0 Å². The van der Waals surface area contributed by atoms with Crippen LogP contribution < -0.4 is 14.8 Å². The fraction of sp³-hybridized carbons (Fsp3) is 0.588. The zero-order valence-corrected chi connectivity index (χ0v) is 13.3. The molecule has 4 heteroatoms. The smallest absolute Gasteiger partial charge is 0.122 e. The number of benzene rings is 1. The first-order valence-corrected chi connectivity index (χ1v) is 7.71. The molecule has 0 fully saturated rings. The average Bonchev–Trinajstić information content (AvgIpc) is 2.51. The standard InChI is InChI=1S/C17H26N2O2/c1-4-17(14-18,19-5-2)11-8-12-21-16-10-7-9-15(13-16)20-6-3/h7,9-10,13,19H,4-6,8,11-12H2,1-3H3. The number of hydrogen-bond acceptors (Lipinski definition) is 4. The van der Waals surface area contributed by atoms with E-state index in [1.165, 1.54) is 0 Å². The van der Waals surface area contributed by atoms with Crippen molar-refractivity contribution in [3.63, 3.8) is 0 Å². The van der Waals surface area contributed by atoms with Crippen LogP contribution in [0.5, 0.6) is 11.5 Å². The van der Waals surface area contributed by atoms with E-state index in [-0.39, 0.29) is 0 Å². The average molecular weight is 290 g/mol. The molecule has 0 spiro atoms. The van der Waals surface area contributed by atoms with Gasteiger partial charge in [-0.2, -0.15) is 5.26 Å². The number of nitrogens with one attached hydrogen (secondary N) is 1. The SMILES string of the molecule is CCNC(C#N)(CC)CCCOc1cccc(OCC)c1. The van der Waals surface area contributed by atoms with E-state index < -0.39 is 5.54 Å². The van der Waals surface area contributed by atoms with E-state index in [4.69, 9.17) is 9.47 Å². The van der Waals surface area contributed by atoms with Crippen molar-refractivity contribution in [3.05, 3.63) is 24.3 Å². The van der Waals surface area contributed by atoms with Crippen LogP contribution in [0.1, 0.15) is 40.0 Å². The van der Waals surface area contributed by atoms with Crippen molar-refractivity contribution in [2.24, 2.45) is 0 Å². The highest BCUT2D eigenvalue weighted by Crippen LogP contribution is 2.21. The predicted octanol–water partition coefficient (Wildman–Crippen LogP) is 3.53. The molecule has 0 saturated carbocycles. The van der Waals surface area contributed by atoms with Gasteiger partial charge in [-0.25, -0.2) is 0 Å². The molecule has 1 aromatic rings. The van der Waals surface area contributed by atoms with Gasteiger partial charge in [-0.15, -0.1) is 0 Å². The van der Waals surface area contributed by atoms with Gasteiger partial charge < -0.3 is 9.47 Å². The van der Waals surface area contributed by atoms with Crippen molar-refractivity contribution in [1.82, 2.24) is 5.32 Å². The normalized spacial score (nSPS) is 13.2. The largest absolute Gasteiger partial charge is 0.494 e. The first-order chi connectivity index (χ1) is 10.2. The lowest BCUT2D eigenvalue weighted by Gasteiger charge is -2.26. The Balaban J connectivity index is 2.43. The van der Waals surface area contributed by atoms with Gasteiger partial charge in [0.2, 0.25) is 0 Å². The summed E-state index contributed by atoms with van der Waals surface area (Å²) in [5.74, 6) is 1.63. The maximum absolute atomic E-state index is 9.35. The summed E-state index contributed by atoms with van der Waals surface area (Å²) < 4.78 is 11.2. The number of hydrogen-bond donors (Lipinski definition) is 1. The van der Waals surface area contributed by atoms with E-state index in [1.54, 1.807) is 0 Å². The van der Waals surface area contributed by atoms with Crippen molar-refractivity contribution in [2.45, 2.75) is 45.6 Å². The Bertz CT molecular complexity index is 456. The van der Waals surface area contributed by atoms with Crippen molar-refractivity contribution >= 4 is 0 Å². The second kappa shape index (κ2) is 9.25. The summed E-state index contributed by atoms with van der Waals surface area (Å²) in [5, 5.41) is 12.6. The second-order valence-electron chi connectivity index (χ2n) is 4.94. The molecule has 0 saturated heterocycles. The van der Waals surface area contributed by atoms with Crippen LogP contribution in [0.4, 0.5) is 0 Å². The minimum Gasteiger partial charge on any atom is -0.494 e. The van der Waals surface area contributed by atoms with Crippen LogP contribution in [-0.4, -0.2) is 25.3 Å². The molecule has 0 aliphatic carbocycles. The Labute approximate surface area is 128 Å². The van der Waals surface area contributed by atoms with E-state index >= 15 is 0 Å². The quantitative estimate of drug-likeness (QED) is 0.670. The van der Waals surface area contributed by atoms with Crippen molar-refractivity contribution < 1.29 is 9.47 Å². The van der Waals surface area contributed by atoms with Crippen LogP contribution >= 0.6 is 0 Å². The fourth-order valence-electron chi connectivity index (χ4n) is 2.29. The summed E-state index contributed by atoms with van der Waals surface area (Å²) in [6.07, 6.45) is 2.43. The predicted molar refractivity (Wildman–Crippen MR) is 84.7 cm³/mol. The Hall–Kier alpha value is -1.73. The Kier molecular flexibility index (Phi) is 7.63. The van der Waals surface area contributed by atoms with Gasteiger partial charge in [-0.3, -0.25) is 5.32 Å². The van der Waals surface area contributed by atoms with Crippen LogP contribution in [0.15, 0.2) is 24.3 Å². The van der Waals surface area contributed by atoms with E-state index in [2.05, 4.69) is 11.4 Å². The van der Waals surface area contributed by atoms with E-state index in [0.717, 1.165) is 37.3 Å². The van der Waals surface area contributed by atoms with Crippen LogP contribution in [0, 0.1) is 11.3 Å². The van der Waals surface area contributed by atoms with Crippen LogP contribution in [0.25, 0.3) is 0 Å². The molecule has 116 valence electrons. The molecule has 1 aromatic carbocycles. The number of nitrogens with zero attached hydrogens (tertiary/aromatic N) is 1. The van der Waals surface area contributed by atoms with Crippen LogP contribution in [0.3, 0.4) is 0 Å². The molecule has 0 radical (unpaired) electrons. The van der Waals surface area contributed by atoms with Gasteiger partial charge in [-0.05, 0) is 44.9 Å². The van der Waals surface area contributed by atoms with Crippen molar-refractivity contribution in [2.75, 3.05) is 19.8 Å². The van der Waals surface area contributed by atoms with Gasteiger partial charge in [0.25, 0.3) is 0 Å². The maximum Gasteiger partial charge on any atom is 0.122 e. The first kappa shape index (κ1) is 17.3. The summed E-state index contributed by atoms with van der Waals surface area (Å²) in [7, 11) is 0. The molecule has 0 aromatic heterocycles. The van der Waals surface area contributed by atoms with Gasteiger partial charge in [0.1, 0.15) is 17.0 Å². The number of rotatable bonds is 10. The molecule has 21 heavy (non-hydrogen) atoms. The third-order valence-corrected chi connectivity index (χ3v) is 3.47. The fourth-order valence-corrected chi connectivity index (χ4v) is 2.29. The molecule has 0 aliphatic rings. The number of ether oxygens (including phenoxy) is 2. The third kappa shape index (κ3) is 5.65. The second-order valence-corrected chi connectivity index (χ2v) is 4.94. The summed E-state index contributed by atoms with van der Waals surface area (Å²) in [5.41, 5.74) is -0.425. The van der Waals surface area contributed by atoms with Crippen molar-refractivity contribution in [3.8, 4) is 17.6 Å². The lowest BCUT2D eigenvalue weighted by Crippen LogP contribution is -2.43. The van der Waals surface area contributed by atoms with E-state index in [1.807, 2.05) is 45.0 Å².